The number of hydrogen-bond acceptors (Lipinski definition) is 4. The van der Waals surface area contributed by atoms with Gasteiger partial charge >= 0.3 is 0 Å². The number of aromatic nitrogens is 2. The van der Waals surface area contributed by atoms with Crippen molar-refractivity contribution in [2.24, 2.45) is 0 Å². The van der Waals surface area contributed by atoms with Crippen LogP contribution in [0.5, 0.6) is 0 Å². The Labute approximate surface area is 103 Å². The minimum Gasteiger partial charge on any atom is -0.373 e. The van der Waals surface area contributed by atoms with Crippen molar-refractivity contribution in [1.29, 1.82) is 0 Å². The second-order valence-electron chi connectivity index (χ2n) is 3.38. The van der Waals surface area contributed by atoms with E-state index in [1.807, 2.05) is 0 Å². The van der Waals surface area contributed by atoms with Gasteiger partial charge in [-0.15, -0.1) is 0 Å². The smallest absolute Gasteiger partial charge is 0.222 e. The molecule has 1 aromatic carbocycles. The molecule has 0 aliphatic carbocycles. The number of anilines is 2. The Bertz CT molecular complexity index is 559. The third-order valence-electron chi connectivity index (χ3n) is 2.21. The summed E-state index contributed by atoms with van der Waals surface area (Å²) in [6, 6.07) is 6.14. The first-order valence-electron chi connectivity index (χ1n) is 4.88. The Morgan fingerprint density at radius 1 is 1.29 bits per heavy atom. The molecule has 0 saturated heterocycles. The molecule has 4 nitrogen and oxygen atoms in total. The van der Waals surface area contributed by atoms with Crippen LogP contribution in [0.4, 0.5) is 16.2 Å². The molecule has 88 valence electrons. The van der Waals surface area contributed by atoms with Crippen LogP contribution in [0.15, 0.2) is 24.3 Å². The van der Waals surface area contributed by atoms with Gasteiger partial charge in [0.1, 0.15) is 11.6 Å². The summed E-state index contributed by atoms with van der Waals surface area (Å²) in [7, 11) is 1.72. The highest BCUT2D eigenvalue weighted by atomic mass is 35.5. The molecule has 1 heterocycles. The Hall–Kier alpha value is -1.88. The second kappa shape index (κ2) is 4.55. The topological polar surface area (TPSA) is 63.8 Å². The summed E-state index contributed by atoms with van der Waals surface area (Å²) in [5.41, 5.74) is 6.69. The van der Waals surface area contributed by atoms with Crippen LogP contribution in [-0.4, -0.2) is 17.0 Å². The fourth-order valence-electron chi connectivity index (χ4n) is 1.40. The predicted molar refractivity (Wildman–Crippen MR) is 66.4 cm³/mol. The Kier molecular flexibility index (Phi) is 3.10. The lowest BCUT2D eigenvalue weighted by molar-refractivity contribution is 0.628. The molecule has 0 amide bonds. The lowest BCUT2D eigenvalue weighted by atomic mass is 10.1. The van der Waals surface area contributed by atoms with Gasteiger partial charge in [0.2, 0.25) is 5.95 Å². The van der Waals surface area contributed by atoms with E-state index in [9.17, 15) is 4.39 Å². The van der Waals surface area contributed by atoms with Gasteiger partial charge in [0.15, 0.2) is 0 Å². The Morgan fingerprint density at radius 2 is 2.06 bits per heavy atom. The van der Waals surface area contributed by atoms with Crippen molar-refractivity contribution in [3.63, 3.8) is 0 Å². The molecule has 0 fully saturated rings. The number of nitrogens with one attached hydrogen (secondary N) is 1. The molecule has 2 rings (SSSR count). The summed E-state index contributed by atoms with van der Waals surface area (Å²) >= 11 is 5.61. The van der Waals surface area contributed by atoms with Crippen molar-refractivity contribution in [3.8, 4) is 11.3 Å². The van der Waals surface area contributed by atoms with Crippen LogP contribution in [0.3, 0.4) is 0 Å². The zero-order valence-corrected chi connectivity index (χ0v) is 9.79. The summed E-state index contributed by atoms with van der Waals surface area (Å²) in [6.45, 7) is 0. The number of nitrogen functional groups attached to an aromatic ring is 1. The van der Waals surface area contributed by atoms with Crippen molar-refractivity contribution in [3.05, 3.63) is 35.1 Å². The van der Waals surface area contributed by atoms with Gasteiger partial charge in [-0.2, -0.15) is 4.98 Å². The quantitative estimate of drug-likeness (QED) is 0.862. The van der Waals surface area contributed by atoms with Gasteiger partial charge in [-0.05, 0) is 12.1 Å². The van der Waals surface area contributed by atoms with E-state index in [-0.39, 0.29) is 11.0 Å². The first kappa shape index (κ1) is 11.6. The average molecular weight is 253 g/mol. The molecular weight excluding hydrogens is 243 g/mol. The third-order valence-corrected chi connectivity index (χ3v) is 2.52. The van der Waals surface area contributed by atoms with E-state index in [0.717, 1.165) is 0 Å². The van der Waals surface area contributed by atoms with Crippen molar-refractivity contribution >= 4 is 23.4 Å². The SMILES string of the molecule is CNc1cc(-c2ccc(Cl)c(F)c2)nc(N)n1. The molecule has 0 aliphatic heterocycles. The highest BCUT2D eigenvalue weighted by molar-refractivity contribution is 6.30. The Morgan fingerprint density at radius 3 is 2.71 bits per heavy atom. The number of nitrogens with two attached hydrogens (primary N) is 1. The molecule has 0 saturated carbocycles. The van der Waals surface area contributed by atoms with Crippen LogP contribution < -0.4 is 11.1 Å². The van der Waals surface area contributed by atoms with Gasteiger partial charge in [0.25, 0.3) is 0 Å². The Balaban J connectivity index is 2.52. The molecule has 6 heteroatoms. The normalized spacial score (nSPS) is 10.3. The molecule has 2 aromatic rings. The summed E-state index contributed by atoms with van der Waals surface area (Å²) in [4.78, 5) is 7.99. The van der Waals surface area contributed by atoms with E-state index < -0.39 is 5.82 Å². The predicted octanol–water partition coefficient (Wildman–Crippen LogP) is 2.56. The van der Waals surface area contributed by atoms with E-state index in [1.165, 1.54) is 12.1 Å². The van der Waals surface area contributed by atoms with Gasteiger partial charge in [-0.25, -0.2) is 9.37 Å². The largest absolute Gasteiger partial charge is 0.373 e. The zero-order valence-electron chi connectivity index (χ0n) is 9.04. The number of hydrogen-bond donors (Lipinski definition) is 2. The standard InChI is InChI=1S/C11H10ClFN4/c1-15-10-5-9(16-11(14)17-10)6-2-3-7(12)8(13)4-6/h2-5H,1H3,(H3,14,15,16,17). The van der Waals surface area contributed by atoms with Crippen LogP contribution in [0.2, 0.25) is 5.02 Å². The van der Waals surface area contributed by atoms with Crippen molar-refractivity contribution < 1.29 is 4.39 Å². The molecule has 1 aromatic heterocycles. The van der Waals surface area contributed by atoms with Gasteiger partial charge in [0, 0.05) is 18.7 Å². The van der Waals surface area contributed by atoms with Crippen LogP contribution in [0.1, 0.15) is 0 Å². The molecule has 0 radical (unpaired) electrons. The first-order valence-corrected chi connectivity index (χ1v) is 5.25. The van der Waals surface area contributed by atoms with Crippen molar-refractivity contribution in [2.45, 2.75) is 0 Å². The molecule has 0 spiro atoms. The monoisotopic (exact) mass is 252 g/mol. The molecule has 0 bridgehead atoms. The zero-order chi connectivity index (χ0) is 12.4. The maximum absolute atomic E-state index is 13.3. The fourth-order valence-corrected chi connectivity index (χ4v) is 1.51. The summed E-state index contributed by atoms with van der Waals surface area (Å²) < 4.78 is 13.3. The van der Waals surface area contributed by atoms with Gasteiger partial charge in [0.05, 0.1) is 10.7 Å². The number of halogens is 2. The molecule has 3 N–H and O–H groups in total. The highest BCUT2D eigenvalue weighted by Gasteiger charge is 2.07. The van der Waals surface area contributed by atoms with Gasteiger partial charge in [-0.3, -0.25) is 0 Å². The van der Waals surface area contributed by atoms with E-state index in [2.05, 4.69) is 15.3 Å². The maximum Gasteiger partial charge on any atom is 0.222 e. The minimum atomic E-state index is -0.493. The van der Waals surface area contributed by atoms with Crippen molar-refractivity contribution in [2.75, 3.05) is 18.1 Å². The summed E-state index contributed by atoms with van der Waals surface area (Å²) in [6.07, 6.45) is 0. The summed E-state index contributed by atoms with van der Waals surface area (Å²) in [5, 5.41) is 2.93. The van der Waals surface area contributed by atoms with E-state index in [1.54, 1.807) is 19.2 Å². The summed E-state index contributed by atoms with van der Waals surface area (Å²) in [5.74, 6) is 0.206. The first-order chi connectivity index (χ1) is 8.10. The van der Waals surface area contributed by atoms with Crippen molar-refractivity contribution in [1.82, 2.24) is 9.97 Å². The van der Waals surface area contributed by atoms with Crippen LogP contribution in [0.25, 0.3) is 11.3 Å². The molecule has 17 heavy (non-hydrogen) atoms. The van der Waals surface area contributed by atoms with E-state index in [4.69, 9.17) is 17.3 Å². The lowest BCUT2D eigenvalue weighted by Crippen LogP contribution is -2.01. The number of benzene rings is 1. The minimum absolute atomic E-state index is 0.0737. The van der Waals surface area contributed by atoms with E-state index >= 15 is 0 Å². The maximum atomic E-state index is 13.3. The number of rotatable bonds is 2. The van der Waals surface area contributed by atoms with Gasteiger partial charge in [-0.1, -0.05) is 17.7 Å². The number of nitrogens with zero attached hydrogens (tertiary/aromatic N) is 2. The highest BCUT2D eigenvalue weighted by Crippen LogP contribution is 2.24. The van der Waals surface area contributed by atoms with Crippen LogP contribution >= 0.6 is 11.6 Å². The second-order valence-corrected chi connectivity index (χ2v) is 3.78. The van der Waals surface area contributed by atoms with Gasteiger partial charge < -0.3 is 11.1 Å². The molecule has 0 atom stereocenters. The molecule has 0 unspecified atom stereocenters. The lowest BCUT2D eigenvalue weighted by Gasteiger charge is -2.06. The average Bonchev–Trinajstić information content (AvgIpc) is 2.32. The fraction of sp³-hybridized carbons (Fsp3) is 0.0909. The molecule has 0 aliphatic rings. The van der Waals surface area contributed by atoms with Crippen LogP contribution in [-0.2, 0) is 0 Å². The third kappa shape index (κ3) is 2.45. The van der Waals surface area contributed by atoms with Crippen LogP contribution in [0, 0.1) is 5.82 Å². The molecular formula is C11H10ClFN4. The van der Waals surface area contributed by atoms with E-state index in [0.29, 0.717) is 17.1 Å².